The first-order valence-electron chi connectivity index (χ1n) is 6.36. The fourth-order valence-electron chi connectivity index (χ4n) is 1.78. The number of amides is 2. The Morgan fingerprint density at radius 1 is 1.32 bits per heavy atom. The fraction of sp³-hybridized carbons (Fsp3) is 0.462. The summed E-state index contributed by atoms with van der Waals surface area (Å²) >= 11 is 0. The molecular formula is C13H19N3O3. The van der Waals surface area contributed by atoms with E-state index in [-0.39, 0.29) is 6.03 Å². The molecule has 0 saturated carbocycles. The number of morpholine rings is 1. The average molecular weight is 265 g/mol. The molecule has 0 spiro atoms. The van der Waals surface area contributed by atoms with Crippen LogP contribution in [0.15, 0.2) is 24.3 Å². The number of urea groups is 1. The Morgan fingerprint density at radius 2 is 2.00 bits per heavy atom. The molecule has 0 aromatic heterocycles. The molecule has 3 N–H and O–H groups in total. The topological polar surface area (TPSA) is 76.8 Å². The maximum absolute atomic E-state index is 11.9. The molecule has 1 fully saturated rings. The number of nitrogens with zero attached hydrogens (tertiary/aromatic N) is 1. The Labute approximate surface area is 112 Å². The number of carbonyl (C=O) groups excluding carboxylic acids is 1. The van der Waals surface area contributed by atoms with Gasteiger partial charge in [0.1, 0.15) is 12.4 Å². The summed E-state index contributed by atoms with van der Waals surface area (Å²) < 4.78 is 10.6. The lowest BCUT2D eigenvalue weighted by molar-refractivity contribution is 0.0564. The zero-order valence-electron chi connectivity index (χ0n) is 10.8. The van der Waals surface area contributed by atoms with Crippen LogP contribution in [0.3, 0.4) is 0 Å². The van der Waals surface area contributed by atoms with Crippen LogP contribution in [0.1, 0.15) is 0 Å². The molecule has 0 aliphatic carbocycles. The average Bonchev–Trinajstić information content (AvgIpc) is 2.47. The van der Waals surface area contributed by atoms with Crippen LogP contribution in [0, 0.1) is 0 Å². The second-order valence-corrected chi connectivity index (χ2v) is 4.19. The molecule has 6 nitrogen and oxygen atoms in total. The molecule has 1 aromatic rings. The first-order valence-corrected chi connectivity index (χ1v) is 6.36. The Morgan fingerprint density at radius 3 is 2.63 bits per heavy atom. The van der Waals surface area contributed by atoms with Crippen molar-refractivity contribution in [3.8, 4) is 5.75 Å². The molecule has 6 heteroatoms. The van der Waals surface area contributed by atoms with E-state index in [1.807, 2.05) is 24.3 Å². The van der Waals surface area contributed by atoms with Gasteiger partial charge in [-0.3, -0.25) is 0 Å². The molecule has 1 aliphatic heterocycles. The Balaban J connectivity index is 1.86. The molecule has 0 bridgehead atoms. The van der Waals surface area contributed by atoms with Crippen LogP contribution in [0.25, 0.3) is 0 Å². The second-order valence-electron chi connectivity index (χ2n) is 4.19. The van der Waals surface area contributed by atoms with E-state index in [0.717, 1.165) is 11.4 Å². The van der Waals surface area contributed by atoms with Crippen LogP contribution in [-0.4, -0.2) is 50.4 Å². The van der Waals surface area contributed by atoms with Gasteiger partial charge in [0.2, 0.25) is 0 Å². The summed E-state index contributed by atoms with van der Waals surface area (Å²) in [6.45, 7) is 3.42. The highest BCUT2D eigenvalue weighted by Gasteiger charge is 2.16. The van der Waals surface area contributed by atoms with Crippen LogP contribution < -0.4 is 15.8 Å². The normalized spacial score (nSPS) is 15.1. The molecule has 2 rings (SSSR count). The van der Waals surface area contributed by atoms with Crippen LogP contribution in [0.2, 0.25) is 0 Å². The summed E-state index contributed by atoms with van der Waals surface area (Å²) in [6.07, 6.45) is 0. The van der Waals surface area contributed by atoms with Crippen molar-refractivity contribution in [3.63, 3.8) is 0 Å². The number of rotatable bonds is 4. The highest BCUT2D eigenvalue weighted by Crippen LogP contribution is 2.16. The summed E-state index contributed by atoms with van der Waals surface area (Å²) in [7, 11) is 0. The van der Waals surface area contributed by atoms with E-state index in [9.17, 15) is 4.79 Å². The van der Waals surface area contributed by atoms with Gasteiger partial charge in [-0.2, -0.15) is 0 Å². The van der Waals surface area contributed by atoms with Gasteiger partial charge in [0, 0.05) is 25.3 Å². The van der Waals surface area contributed by atoms with Gasteiger partial charge < -0.3 is 25.4 Å². The van der Waals surface area contributed by atoms with Gasteiger partial charge >= 0.3 is 6.03 Å². The molecule has 104 valence electrons. The number of nitrogens with one attached hydrogen (secondary N) is 1. The van der Waals surface area contributed by atoms with E-state index in [0.29, 0.717) is 39.5 Å². The number of hydrogen-bond acceptors (Lipinski definition) is 4. The Bertz CT molecular complexity index is 402. The summed E-state index contributed by atoms with van der Waals surface area (Å²) in [6, 6.07) is 7.14. The van der Waals surface area contributed by atoms with Gasteiger partial charge in [-0.25, -0.2) is 4.79 Å². The van der Waals surface area contributed by atoms with Gasteiger partial charge in [-0.1, -0.05) is 0 Å². The van der Waals surface area contributed by atoms with Crippen molar-refractivity contribution in [2.24, 2.45) is 5.73 Å². The lowest BCUT2D eigenvalue weighted by Crippen LogP contribution is -2.43. The molecule has 1 aliphatic rings. The largest absolute Gasteiger partial charge is 0.492 e. The fourth-order valence-corrected chi connectivity index (χ4v) is 1.78. The number of ether oxygens (including phenoxy) is 2. The van der Waals surface area contributed by atoms with Crippen LogP contribution in [-0.2, 0) is 4.74 Å². The minimum absolute atomic E-state index is 0.0982. The zero-order chi connectivity index (χ0) is 13.5. The highest BCUT2D eigenvalue weighted by molar-refractivity contribution is 5.89. The van der Waals surface area contributed by atoms with Gasteiger partial charge in [0.05, 0.1) is 13.2 Å². The first-order chi connectivity index (χ1) is 9.29. The third-order valence-electron chi connectivity index (χ3n) is 2.79. The SMILES string of the molecule is NCCOc1ccc(NC(=O)N2CCOCC2)cc1. The lowest BCUT2D eigenvalue weighted by atomic mass is 10.3. The third-order valence-corrected chi connectivity index (χ3v) is 2.79. The number of benzene rings is 1. The lowest BCUT2D eigenvalue weighted by Gasteiger charge is -2.26. The number of carbonyl (C=O) groups is 1. The third kappa shape index (κ3) is 4.11. The molecule has 1 aromatic carbocycles. The monoisotopic (exact) mass is 265 g/mol. The van der Waals surface area contributed by atoms with E-state index in [1.165, 1.54) is 0 Å². The van der Waals surface area contributed by atoms with Crippen molar-refractivity contribution in [1.82, 2.24) is 4.90 Å². The molecule has 2 amide bonds. The zero-order valence-corrected chi connectivity index (χ0v) is 10.8. The smallest absolute Gasteiger partial charge is 0.321 e. The number of anilines is 1. The maximum Gasteiger partial charge on any atom is 0.321 e. The number of nitrogens with two attached hydrogens (primary N) is 1. The summed E-state index contributed by atoms with van der Waals surface area (Å²) in [5.74, 6) is 0.745. The molecule has 19 heavy (non-hydrogen) atoms. The van der Waals surface area contributed by atoms with Gasteiger partial charge in [0.15, 0.2) is 0 Å². The highest BCUT2D eigenvalue weighted by atomic mass is 16.5. The molecule has 0 atom stereocenters. The van der Waals surface area contributed by atoms with E-state index in [4.69, 9.17) is 15.2 Å². The first kappa shape index (κ1) is 13.6. The van der Waals surface area contributed by atoms with Gasteiger partial charge in [0.25, 0.3) is 0 Å². The van der Waals surface area contributed by atoms with Gasteiger partial charge in [-0.05, 0) is 24.3 Å². The quantitative estimate of drug-likeness (QED) is 0.847. The Kier molecular flexibility index (Phi) is 5.00. The van der Waals surface area contributed by atoms with Crippen molar-refractivity contribution in [3.05, 3.63) is 24.3 Å². The summed E-state index contributed by atoms with van der Waals surface area (Å²) in [4.78, 5) is 13.7. The van der Waals surface area contributed by atoms with E-state index >= 15 is 0 Å². The summed E-state index contributed by atoms with van der Waals surface area (Å²) in [5, 5.41) is 2.85. The predicted molar refractivity (Wildman–Crippen MR) is 72.4 cm³/mol. The molecule has 0 unspecified atom stereocenters. The van der Waals surface area contributed by atoms with E-state index in [1.54, 1.807) is 4.90 Å². The minimum Gasteiger partial charge on any atom is -0.492 e. The van der Waals surface area contributed by atoms with E-state index < -0.39 is 0 Å². The maximum atomic E-state index is 11.9. The van der Waals surface area contributed by atoms with Crippen molar-refractivity contribution in [2.75, 3.05) is 44.8 Å². The van der Waals surface area contributed by atoms with Crippen LogP contribution in [0.5, 0.6) is 5.75 Å². The minimum atomic E-state index is -0.0982. The molecular weight excluding hydrogens is 246 g/mol. The standard InChI is InChI=1S/C13H19N3O3/c14-5-8-19-12-3-1-11(2-4-12)15-13(17)16-6-9-18-10-7-16/h1-4H,5-10,14H2,(H,15,17). The second kappa shape index (κ2) is 6.96. The molecule has 1 saturated heterocycles. The molecule has 0 radical (unpaired) electrons. The molecule has 1 heterocycles. The van der Waals surface area contributed by atoms with Crippen molar-refractivity contribution in [1.29, 1.82) is 0 Å². The van der Waals surface area contributed by atoms with Crippen LogP contribution in [0.4, 0.5) is 10.5 Å². The van der Waals surface area contributed by atoms with Gasteiger partial charge in [-0.15, -0.1) is 0 Å². The van der Waals surface area contributed by atoms with Crippen molar-refractivity contribution in [2.45, 2.75) is 0 Å². The predicted octanol–water partition coefficient (Wildman–Crippen LogP) is 0.888. The van der Waals surface area contributed by atoms with Crippen molar-refractivity contribution >= 4 is 11.7 Å². The Hall–Kier alpha value is -1.79. The summed E-state index contributed by atoms with van der Waals surface area (Å²) in [5.41, 5.74) is 6.10. The number of hydrogen-bond donors (Lipinski definition) is 2. The van der Waals surface area contributed by atoms with Crippen LogP contribution >= 0.6 is 0 Å². The van der Waals surface area contributed by atoms with E-state index in [2.05, 4.69) is 5.32 Å². The van der Waals surface area contributed by atoms with Crippen molar-refractivity contribution < 1.29 is 14.3 Å².